The van der Waals surface area contributed by atoms with Gasteiger partial charge in [-0.3, -0.25) is 9.98 Å². The Hall–Kier alpha value is -0.660. The van der Waals surface area contributed by atoms with E-state index in [2.05, 4.69) is 9.98 Å². The number of aliphatic imine (C=N–C) groups is 2. The second kappa shape index (κ2) is 4.91. The highest BCUT2D eigenvalue weighted by molar-refractivity contribution is 5.91. The Morgan fingerprint density at radius 2 is 1.87 bits per heavy atom. The van der Waals surface area contributed by atoms with Gasteiger partial charge >= 0.3 is 0 Å². The first-order chi connectivity index (χ1) is 7.35. The quantitative estimate of drug-likeness (QED) is 0.630. The lowest BCUT2D eigenvalue weighted by molar-refractivity contribution is 0.377. The third-order valence-corrected chi connectivity index (χ3v) is 4.10. The molecule has 15 heavy (non-hydrogen) atoms. The number of rotatable bonds is 1. The zero-order valence-corrected chi connectivity index (χ0v) is 10.00. The molecule has 0 amide bonds. The molecule has 0 saturated heterocycles. The summed E-state index contributed by atoms with van der Waals surface area (Å²) in [6.45, 7) is 0. The fourth-order valence-electron chi connectivity index (χ4n) is 3.21. The number of nitrogens with zero attached hydrogens (tertiary/aromatic N) is 2. The highest BCUT2D eigenvalue weighted by atomic mass is 14.7. The Morgan fingerprint density at radius 1 is 1.00 bits per heavy atom. The molecule has 0 aromatic rings. The minimum Gasteiger partial charge on any atom is -0.297 e. The molecule has 0 N–H and O–H groups in total. The van der Waals surface area contributed by atoms with Gasteiger partial charge in [0, 0.05) is 25.5 Å². The van der Waals surface area contributed by atoms with E-state index in [1.54, 1.807) is 0 Å². The smallest absolute Gasteiger partial charge is 0.0276 e. The Labute approximate surface area is 92.9 Å². The largest absolute Gasteiger partial charge is 0.297 e. The van der Waals surface area contributed by atoms with Crippen molar-refractivity contribution in [2.45, 2.75) is 44.9 Å². The molecule has 0 spiro atoms. The number of hydrogen-bond acceptors (Lipinski definition) is 2. The Morgan fingerprint density at radius 3 is 2.53 bits per heavy atom. The Balaban J connectivity index is 2.03. The normalized spacial score (nSPS) is 37.7. The van der Waals surface area contributed by atoms with Gasteiger partial charge in [-0.1, -0.05) is 6.42 Å². The van der Waals surface area contributed by atoms with Gasteiger partial charge in [0.15, 0.2) is 0 Å². The van der Waals surface area contributed by atoms with Crippen molar-refractivity contribution < 1.29 is 0 Å². The molecule has 0 aliphatic heterocycles. The number of hydrogen-bond donors (Lipinski definition) is 0. The van der Waals surface area contributed by atoms with Gasteiger partial charge in [-0.15, -0.1) is 0 Å². The summed E-state index contributed by atoms with van der Waals surface area (Å²) in [7, 11) is 3.91. The summed E-state index contributed by atoms with van der Waals surface area (Å²) >= 11 is 0. The average Bonchev–Trinajstić information content (AvgIpc) is 2.77. The first-order valence-corrected chi connectivity index (χ1v) is 6.25. The van der Waals surface area contributed by atoms with E-state index in [4.69, 9.17) is 0 Å². The minimum absolute atomic E-state index is 0.781. The lowest BCUT2D eigenvalue weighted by atomic mass is 9.77. The third-order valence-electron chi connectivity index (χ3n) is 4.10. The van der Waals surface area contributed by atoms with E-state index >= 15 is 0 Å². The van der Waals surface area contributed by atoms with E-state index in [0.29, 0.717) is 0 Å². The predicted molar refractivity (Wildman–Crippen MR) is 66.0 cm³/mol. The molecule has 2 atom stereocenters. The maximum atomic E-state index is 4.50. The minimum atomic E-state index is 0.781. The van der Waals surface area contributed by atoms with Gasteiger partial charge in [0.25, 0.3) is 0 Å². The van der Waals surface area contributed by atoms with E-state index in [0.717, 1.165) is 11.8 Å². The first-order valence-electron chi connectivity index (χ1n) is 6.25. The highest BCUT2D eigenvalue weighted by Gasteiger charge is 2.32. The fraction of sp³-hybridized carbons (Fsp3) is 0.846. The van der Waals surface area contributed by atoms with Crippen LogP contribution in [-0.2, 0) is 0 Å². The Bertz CT molecular complexity index is 278. The molecule has 2 nitrogen and oxygen atoms in total. The zero-order chi connectivity index (χ0) is 10.7. The maximum absolute atomic E-state index is 4.50. The zero-order valence-electron chi connectivity index (χ0n) is 10.00. The van der Waals surface area contributed by atoms with Crippen molar-refractivity contribution in [2.24, 2.45) is 21.8 Å². The molecule has 2 heteroatoms. The summed E-state index contributed by atoms with van der Waals surface area (Å²) in [5, 5.41) is 0. The van der Waals surface area contributed by atoms with Gasteiger partial charge in [-0.2, -0.15) is 0 Å². The summed E-state index contributed by atoms with van der Waals surface area (Å²) in [6, 6.07) is 0. The second-order valence-electron chi connectivity index (χ2n) is 4.86. The summed E-state index contributed by atoms with van der Waals surface area (Å²) in [5.74, 6) is 1.63. The molecule has 2 aliphatic rings. The molecule has 0 bridgehead atoms. The molecule has 0 aromatic carbocycles. The SMILES string of the molecule is CN=C1CCC(C2CCCCC2=NC)C1. The van der Waals surface area contributed by atoms with Crippen LogP contribution in [0, 0.1) is 11.8 Å². The Kier molecular flexibility index (Phi) is 3.55. The molecule has 2 saturated carbocycles. The molecule has 2 aliphatic carbocycles. The van der Waals surface area contributed by atoms with E-state index < -0.39 is 0 Å². The van der Waals surface area contributed by atoms with Crippen LogP contribution in [0.1, 0.15) is 44.9 Å². The van der Waals surface area contributed by atoms with Crippen LogP contribution < -0.4 is 0 Å². The van der Waals surface area contributed by atoms with Gasteiger partial charge in [0.05, 0.1) is 0 Å². The molecular formula is C13H22N2. The van der Waals surface area contributed by atoms with Crippen LogP contribution in [0.15, 0.2) is 9.98 Å². The lowest BCUT2D eigenvalue weighted by Crippen LogP contribution is -2.26. The van der Waals surface area contributed by atoms with Crippen molar-refractivity contribution in [1.82, 2.24) is 0 Å². The molecule has 84 valence electrons. The maximum Gasteiger partial charge on any atom is 0.0276 e. The highest BCUT2D eigenvalue weighted by Crippen LogP contribution is 2.37. The third kappa shape index (κ3) is 2.30. The van der Waals surface area contributed by atoms with Gasteiger partial charge in [-0.25, -0.2) is 0 Å². The summed E-state index contributed by atoms with van der Waals surface area (Å²) in [4.78, 5) is 8.86. The monoisotopic (exact) mass is 206 g/mol. The average molecular weight is 206 g/mol. The topological polar surface area (TPSA) is 24.7 Å². The van der Waals surface area contributed by atoms with E-state index in [1.807, 2.05) is 14.1 Å². The van der Waals surface area contributed by atoms with Crippen LogP contribution in [0.5, 0.6) is 0 Å². The standard InChI is InChI=1S/C13H22N2/c1-14-11-8-7-10(9-11)12-5-3-4-6-13(12)15-2/h10,12H,3-9H2,1-2H3. The van der Waals surface area contributed by atoms with Gasteiger partial charge < -0.3 is 0 Å². The van der Waals surface area contributed by atoms with Crippen LogP contribution in [0.4, 0.5) is 0 Å². The van der Waals surface area contributed by atoms with Gasteiger partial charge in [-0.05, 0) is 50.4 Å². The molecule has 0 radical (unpaired) electrons. The molecule has 0 heterocycles. The van der Waals surface area contributed by atoms with Crippen LogP contribution in [0.3, 0.4) is 0 Å². The molecule has 0 aromatic heterocycles. The molecule has 2 rings (SSSR count). The summed E-state index contributed by atoms with van der Waals surface area (Å²) in [5.41, 5.74) is 2.92. The molecule has 2 unspecified atom stereocenters. The van der Waals surface area contributed by atoms with Crippen molar-refractivity contribution in [3.8, 4) is 0 Å². The van der Waals surface area contributed by atoms with Gasteiger partial charge in [0.1, 0.15) is 0 Å². The van der Waals surface area contributed by atoms with Gasteiger partial charge in [0.2, 0.25) is 0 Å². The van der Waals surface area contributed by atoms with Crippen molar-refractivity contribution in [2.75, 3.05) is 14.1 Å². The van der Waals surface area contributed by atoms with E-state index in [-0.39, 0.29) is 0 Å². The van der Waals surface area contributed by atoms with Crippen LogP contribution in [-0.4, -0.2) is 25.5 Å². The predicted octanol–water partition coefficient (Wildman–Crippen LogP) is 3.12. The second-order valence-corrected chi connectivity index (χ2v) is 4.86. The van der Waals surface area contributed by atoms with Crippen molar-refractivity contribution in [3.63, 3.8) is 0 Å². The van der Waals surface area contributed by atoms with Crippen LogP contribution in [0.25, 0.3) is 0 Å². The van der Waals surface area contributed by atoms with Crippen LogP contribution in [0.2, 0.25) is 0 Å². The van der Waals surface area contributed by atoms with Crippen molar-refractivity contribution in [3.05, 3.63) is 0 Å². The van der Waals surface area contributed by atoms with Crippen molar-refractivity contribution in [1.29, 1.82) is 0 Å². The van der Waals surface area contributed by atoms with E-state index in [9.17, 15) is 0 Å². The molecular weight excluding hydrogens is 184 g/mol. The first kappa shape index (κ1) is 10.8. The van der Waals surface area contributed by atoms with E-state index in [1.165, 1.54) is 56.4 Å². The lowest BCUT2D eigenvalue weighted by Gasteiger charge is -2.28. The molecule has 2 fully saturated rings. The summed E-state index contributed by atoms with van der Waals surface area (Å²) < 4.78 is 0. The summed E-state index contributed by atoms with van der Waals surface area (Å²) in [6.07, 6.45) is 9.18. The van der Waals surface area contributed by atoms with Crippen LogP contribution >= 0.6 is 0 Å². The fourth-order valence-corrected chi connectivity index (χ4v) is 3.21. The van der Waals surface area contributed by atoms with Crippen molar-refractivity contribution >= 4 is 11.4 Å².